The van der Waals surface area contributed by atoms with Gasteiger partial charge in [-0.15, -0.1) is 11.3 Å². The summed E-state index contributed by atoms with van der Waals surface area (Å²) in [4.78, 5) is 27.2. The summed E-state index contributed by atoms with van der Waals surface area (Å²) in [5.74, 6) is -0.196. The van der Waals surface area contributed by atoms with Crippen molar-refractivity contribution < 1.29 is 28.0 Å². The predicted molar refractivity (Wildman–Crippen MR) is 133 cm³/mol. The van der Waals surface area contributed by atoms with Crippen molar-refractivity contribution in [3.8, 4) is 11.5 Å². The lowest BCUT2D eigenvalue weighted by Gasteiger charge is -2.32. The zero-order valence-corrected chi connectivity index (χ0v) is 20.8. The van der Waals surface area contributed by atoms with Crippen LogP contribution in [0.15, 0.2) is 66.0 Å². The summed E-state index contributed by atoms with van der Waals surface area (Å²) in [6.45, 7) is 2.15. The number of hydroxylamine groups is 1. The van der Waals surface area contributed by atoms with Crippen LogP contribution in [-0.4, -0.2) is 49.2 Å². The topological polar surface area (TPSA) is 113 Å². The first-order valence-corrected chi connectivity index (χ1v) is 13.6. The summed E-state index contributed by atoms with van der Waals surface area (Å²) in [5, 5.41) is 11.0. The number of ether oxygens (including phenoxy) is 1. The lowest BCUT2D eigenvalue weighted by Crippen LogP contribution is -2.42. The number of nitrogens with zero attached hydrogens (tertiary/aromatic N) is 1. The van der Waals surface area contributed by atoms with Crippen molar-refractivity contribution in [3.63, 3.8) is 0 Å². The Morgan fingerprint density at radius 2 is 1.71 bits per heavy atom. The Morgan fingerprint density at radius 3 is 2.31 bits per heavy atom. The number of sulfone groups is 1. The van der Waals surface area contributed by atoms with Gasteiger partial charge in [0.25, 0.3) is 5.91 Å². The fourth-order valence-corrected chi connectivity index (χ4v) is 7.05. The maximum absolute atomic E-state index is 13.6. The Morgan fingerprint density at radius 1 is 1.06 bits per heavy atom. The minimum atomic E-state index is -3.89. The molecule has 1 fully saturated rings. The minimum absolute atomic E-state index is 0.0119. The van der Waals surface area contributed by atoms with Gasteiger partial charge in [0.1, 0.15) is 16.2 Å². The largest absolute Gasteiger partial charge is 0.457 e. The molecule has 2 amide bonds. The second kappa shape index (κ2) is 10.2. The van der Waals surface area contributed by atoms with E-state index in [0.717, 1.165) is 5.56 Å². The van der Waals surface area contributed by atoms with Crippen molar-refractivity contribution in [1.82, 2.24) is 10.4 Å². The molecule has 2 aromatic carbocycles. The summed E-state index contributed by atoms with van der Waals surface area (Å²) in [6.07, 6.45) is -0.455. The molecular formula is C25H26N2O6S2. The number of aryl methyl sites for hydroxylation is 1. The van der Waals surface area contributed by atoms with Crippen molar-refractivity contribution in [2.24, 2.45) is 0 Å². The van der Waals surface area contributed by atoms with E-state index in [1.54, 1.807) is 47.3 Å². The molecule has 1 atom stereocenters. The molecule has 0 bridgehead atoms. The molecule has 1 saturated heterocycles. The highest BCUT2D eigenvalue weighted by molar-refractivity contribution is 7.92. The van der Waals surface area contributed by atoms with Crippen LogP contribution in [0.25, 0.3) is 0 Å². The van der Waals surface area contributed by atoms with Crippen LogP contribution in [0.2, 0.25) is 0 Å². The maximum Gasteiger partial charge on any atom is 0.263 e. The molecule has 4 rings (SSSR count). The van der Waals surface area contributed by atoms with Crippen molar-refractivity contribution in [3.05, 3.63) is 82.0 Å². The molecule has 1 aliphatic heterocycles. The third-order valence-corrected chi connectivity index (χ3v) is 9.59. The predicted octanol–water partition coefficient (Wildman–Crippen LogP) is 3.90. The van der Waals surface area contributed by atoms with E-state index in [0.29, 0.717) is 21.9 Å². The number of carbonyl (C=O) groups is 2. The SMILES string of the molecule is Cc1ccc(Oc2ccc(C3(CC(=O)NO)CCN(C(=O)c4cccs4)CCS3(=O)=O)cc2)cc1. The Labute approximate surface area is 208 Å². The van der Waals surface area contributed by atoms with E-state index in [-0.39, 0.29) is 31.2 Å². The molecule has 0 radical (unpaired) electrons. The van der Waals surface area contributed by atoms with E-state index in [2.05, 4.69) is 0 Å². The Hall–Kier alpha value is -3.21. The fourth-order valence-electron chi connectivity index (χ4n) is 4.26. The number of amides is 2. The molecule has 0 spiro atoms. The fraction of sp³-hybridized carbons (Fsp3) is 0.280. The Balaban J connectivity index is 1.65. The Kier molecular flexibility index (Phi) is 7.25. The van der Waals surface area contributed by atoms with Gasteiger partial charge in [-0.05, 0) is 54.6 Å². The number of rotatable bonds is 6. The summed E-state index contributed by atoms with van der Waals surface area (Å²) >= 11 is 1.29. The number of hydrogen-bond acceptors (Lipinski definition) is 7. The first-order valence-electron chi connectivity index (χ1n) is 11.1. The van der Waals surface area contributed by atoms with Gasteiger partial charge in [-0.25, -0.2) is 13.9 Å². The van der Waals surface area contributed by atoms with Crippen LogP contribution in [-0.2, 0) is 19.4 Å². The third kappa shape index (κ3) is 5.24. The molecule has 2 N–H and O–H groups in total. The number of carbonyl (C=O) groups excluding carboxylic acids is 2. The normalized spacial score (nSPS) is 19.5. The number of thiophene rings is 1. The van der Waals surface area contributed by atoms with E-state index in [9.17, 15) is 23.2 Å². The summed E-state index contributed by atoms with van der Waals surface area (Å²) in [7, 11) is -3.89. The summed E-state index contributed by atoms with van der Waals surface area (Å²) in [5.41, 5.74) is 3.07. The first kappa shape index (κ1) is 24.9. The maximum atomic E-state index is 13.6. The van der Waals surface area contributed by atoms with Gasteiger partial charge >= 0.3 is 0 Å². The zero-order valence-electron chi connectivity index (χ0n) is 19.1. The lowest BCUT2D eigenvalue weighted by molar-refractivity contribution is -0.130. The molecule has 1 unspecified atom stereocenters. The van der Waals surface area contributed by atoms with Crippen molar-refractivity contribution in [2.45, 2.75) is 24.5 Å². The second-order valence-corrected chi connectivity index (χ2v) is 11.9. The summed E-state index contributed by atoms with van der Waals surface area (Å²) in [6, 6.07) is 17.6. The monoisotopic (exact) mass is 514 g/mol. The first-order chi connectivity index (χ1) is 16.7. The standard InChI is InChI=1S/C25H26N2O6S2/c1-18-4-8-20(9-5-18)33-21-10-6-19(7-11-21)25(17-23(28)26-30)12-13-27(14-16-35(25,31)32)24(29)22-3-2-15-34-22/h2-11,15,30H,12-14,16-17H2,1H3,(H,26,28). The Bertz CT molecular complexity index is 1290. The van der Waals surface area contributed by atoms with Crippen LogP contribution in [0.3, 0.4) is 0 Å². The second-order valence-electron chi connectivity index (χ2n) is 8.48. The van der Waals surface area contributed by atoms with Gasteiger partial charge in [-0.2, -0.15) is 0 Å². The van der Waals surface area contributed by atoms with E-state index >= 15 is 0 Å². The average molecular weight is 515 g/mol. The molecule has 184 valence electrons. The van der Waals surface area contributed by atoms with Gasteiger partial charge in [0.15, 0.2) is 9.84 Å². The van der Waals surface area contributed by atoms with Crippen molar-refractivity contribution >= 4 is 33.0 Å². The van der Waals surface area contributed by atoms with E-state index < -0.39 is 26.9 Å². The van der Waals surface area contributed by atoms with Crippen molar-refractivity contribution in [2.75, 3.05) is 18.8 Å². The smallest absolute Gasteiger partial charge is 0.263 e. The zero-order chi connectivity index (χ0) is 25.1. The van der Waals surface area contributed by atoms with Crippen LogP contribution in [0.5, 0.6) is 11.5 Å². The number of hydrogen-bond donors (Lipinski definition) is 2. The van der Waals surface area contributed by atoms with Gasteiger partial charge in [0.2, 0.25) is 5.91 Å². The third-order valence-electron chi connectivity index (χ3n) is 6.24. The molecule has 1 aromatic heterocycles. The molecule has 2 heterocycles. The number of benzene rings is 2. The molecule has 8 nitrogen and oxygen atoms in total. The summed E-state index contributed by atoms with van der Waals surface area (Å²) < 4.78 is 31.5. The van der Waals surface area contributed by atoms with Gasteiger partial charge in [-0.3, -0.25) is 14.8 Å². The molecular weight excluding hydrogens is 488 g/mol. The van der Waals surface area contributed by atoms with Gasteiger partial charge in [-0.1, -0.05) is 35.9 Å². The van der Waals surface area contributed by atoms with Gasteiger partial charge in [0.05, 0.1) is 17.1 Å². The molecule has 10 heteroatoms. The van der Waals surface area contributed by atoms with E-state index in [1.165, 1.54) is 16.2 Å². The quantitative estimate of drug-likeness (QED) is 0.381. The van der Waals surface area contributed by atoms with E-state index in [4.69, 9.17) is 4.74 Å². The highest BCUT2D eigenvalue weighted by Crippen LogP contribution is 2.41. The lowest BCUT2D eigenvalue weighted by atomic mass is 9.90. The average Bonchev–Trinajstić information content (AvgIpc) is 3.35. The van der Waals surface area contributed by atoms with Crippen LogP contribution in [0, 0.1) is 6.92 Å². The number of nitrogens with one attached hydrogen (secondary N) is 1. The molecule has 0 aliphatic carbocycles. The molecule has 3 aromatic rings. The van der Waals surface area contributed by atoms with Gasteiger partial charge < -0.3 is 9.64 Å². The van der Waals surface area contributed by atoms with Crippen LogP contribution < -0.4 is 10.2 Å². The molecule has 0 saturated carbocycles. The highest BCUT2D eigenvalue weighted by atomic mass is 32.2. The molecule has 35 heavy (non-hydrogen) atoms. The molecule has 1 aliphatic rings. The highest BCUT2D eigenvalue weighted by Gasteiger charge is 2.49. The van der Waals surface area contributed by atoms with Crippen LogP contribution in [0.1, 0.15) is 33.6 Å². The minimum Gasteiger partial charge on any atom is -0.457 e. The van der Waals surface area contributed by atoms with E-state index in [1.807, 2.05) is 31.2 Å². The van der Waals surface area contributed by atoms with Crippen LogP contribution >= 0.6 is 11.3 Å². The van der Waals surface area contributed by atoms with Gasteiger partial charge in [0, 0.05) is 13.1 Å². The van der Waals surface area contributed by atoms with Crippen LogP contribution in [0.4, 0.5) is 0 Å². The van der Waals surface area contributed by atoms with Crippen molar-refractivity contribution in [1.29, 1.82) is 0 Å².